The second-order valence-corrected chi connectivity index (χ2v) is 6.98. The van der Waals surface area contributed by atoms with Gasteiger partial charge in [-0.25, -0.2) is 23.1 Å². The van der Waals surface area contributed by atoms with Gasteiger partial charge in [0.2, 0.25) is 10.0 Å². The number of fused-ring (bicyclic) bond motifs is 1. The number of H-pyrrole nitrogens is 1. The van der Waals surface area contributed by atoms with Gasteiger partial charge in [-0.15, -0.1) is 0 Å². The molecule has 1 aromatic carbocycles. The molecule has 10 heteroatoms. The molecule has 1 aromatic heterocycles. The fourth-order valence-corrected chi connectivity index (χ4v) is 2.80. The van der Waals surface area contributed by atoms with Crippen LogP contribution in [0.4, 0.5) is 0 Å². The number of nitrogens with one attached hydrogen (secondary N) is 2. The fourth-order valence-electron chi connectivity index (χ4n) is 2.16. The first-order valence-corrected chi connectivity index (χ1v) is 9.22. The summed E-state index contributed by atoms with van der Waals surface area (Å²) in [5.41, 5.74) is 2.91. The quantitative estimate of drug-likeness (QED) is 0.433. The van der Waals surface area contributed by atoms with Crippen molar-refractivity contribution in [2.75, 3.05) is 13.6 Å². The number of aromatic nitrogens is 1. The highest BCUT2D eigenvalue weighted by molar-refractivity contribution is 7.88. The molecular weight excluding hydrogens is 362 g/mol. The Balaban J connectivity index is 0.000000359. The number of sulfonamides is 1. The Hall–Kier alpha value is -2.69. The maximum atomic E-state index is 11.1. The zero-order valence-electron chi connectivity index (χ0n) is 14.1. The third kappa shape index (κ3) is 7.92. The number of hydrogen-bond acceptors (Lipinski definition) is 5. The maximum Gasteiger partial charge on any atom is 0.328 e. The lowest BCUT2D eigenvalue weighted by molar-refractivity contribution is -0.134. The average Bonchev–Trinajstić information content (AvgIpc) is 2.92. The van der Waals surface area contributed by atoms with Gasteiger partial charge in [0.15, 0.2) is 0 Å². The number of likely N-dealkylation sites (N-methyl/N-ethyl adjacent to an activating group) is 1. The number of nitrogens with two attached hydrogens (primary N) is 1. The second kappa shape index (κ2) is 9.70. The van der Waals surface area contributed by atoms with E-state index in [2.05, 4.69) is 10.3 Å². The number of benzene rings is 1. The molecule has 0 fully saturated rings. The van der Waals surface area contributed by atoms with E-state index in [1.807, 2.05) is 25.4 Å². The lowest BCUT2D eigenvalue weighted by Crippen LogP contribution is -2.14. The third-order valence-corrected chi connectivity index (χ3v) is 3.95. The van der Waals surface area contributed by atoms with Crippen molar-refractivity contribution in [3.8, 4) is 0 Å². The highest BCUT2D eigenvalue weighted by atomic mass is 32.2. The smallest absolute Gasteiger partial charge is 0.328 e. The summed E-state index contributed by atoms with van der Waals surface area (Å²) in [5.74, 6) is -2.64. The SMILES string of the molecule is CNCCc1c[nH]c2ccc(CS(N)(=O)=O)cc12.O=C(O)/C=C\C(=O)O. The van der Waals surface area contributed by atoms with E-state index in [4.69, 9.17) is 15.4 Å². The van der Waals surface area contributed by atoms with Gasteiger partial charge >= 0.3 is 11.9 Å². The van der Waals surface area contributed by atoms with Crippen LogP contribution < -0.4 is 10.5 Å². The van der Waals surface area contributed by atoms with Gasteiger partial charge in [0.1, 0.15) is 0 Å². The summed E-state index contributed by atoms with van der Waals surface area (Å²) in [6.45, 7) is 0.881. The van der Waals surface area contributed by atoms with E-state index >= 15 is 0 Å². The first-order chi connectivity index (χ1) is 12.1. The molecule has 0 amide bonds. The van der Waals surface area contributed by atoms with Crippen LogP contribution >= 0.6 is 0 Å². The van der Waals surface area contributed by atoms with E-state index in [-0.39, 0.29) is 5.75 Å². The number of carbonyl (C=O) groups is 2. The molecule has 2 rings (SSSR count). The van der Waals surface area contributed by atoms with Gasteiger partial charge in [-0.05, 0) is 43.3 Å². The first kappa shape index (κ1) is 21.4. The number of aromatic amines is 1. The number of carboxylic acid groups (broad SMARTS) is 2. The molecule has 26 heavy (non-hydrogen) atoms. The number of rotatable bonds is 7. The van der Waals surface area contributed by atoms with Crippen molar-refractivity contribution in [3.63, 3.8) is 0 Å². The summed E-state index contributed by atoms with van der Waals surface area (Å²) >= 11 is 0. The molecular formula is C16H21N3O6S. The van der Waals surface area contributed by atoms with Gasteiger partial charge in [0.05, 0.1) is 5.75 Å². The van der Waals surface area contributed by atoms with Gasteiger partial charge in [0, 0.05) is 29.3 Å². The zero-order valence-corrected chi connectivity index (χ0v) is 14.9. The predicted octanol–water partition coefficient (Wildman–Crippen LogP) is 0.430. The number of carboxylic acids is 2. The summed E-state index contributed by atoms with van der Waals surface area (Å²) < 4.78 is 22.2. The van der Waals surface area contributed by atoms with Crippen LogP contribution in [0, 0.1) is 0 Å². The van der Waals surface area contributed by atoms with Crippen molar-refractivity contribution < 1.29 is 28.2 Å². The van der Waals surface area contributed by atoms with Crippen molar-refractivity contribution in [2.24, 2.45) is 5.14 Å². The second-order valence-electron chi connectivity index (χ2n) is 5.36. The molecule has 2 aromatic rings. The molecule has 1 heterocycles. The molecule has 9 nitrogen and oxygen atoms in total. The minimum Gasteiger partial charge on any atom is -0.478 e. The normalized spacial score (nSPS) is 11.3. The summed E-state index contributed by atoms with van der Waals surface area (Å²) in [6, 6.07) is 5.56. The van der Waals surface area contributed by atoms with Crippen molar-refractivity contribution >= 4 is 32.9 Å². The minimum atomic E-state index is -3.48. The van der Waals surface area contributed by atoms with Gasteiger partial charge < -0.3 is 20.5 Å². The molecule has 0 aliphatic rings. The molecule has 0 unspecified atom stereocenters. The Morgan fingerprint density at radius 1 is 1.23 bits per heavy atom. The highest BCUT2D eigenvalue weighted by Gasteiger charge is 2.08. The van der Waals surface area contributed by atoms with E-state index < -0.39 is 22.0 Å². The van der Waals surface area contributed by atoms with E-state index in [1.165, 1.54) is 5.56 Å². The van der Waals surface area contributed by atoms with Gasteiger partial charge in [-0.3, -0.25) is 0 Å². The number of hydrogen-bond donors (Lipinski definition) is 5. The Morgan fingerprint density at radius 2 is 1.85 bits per heavy atom. The van der Waals surface area contributed by atoms with Crippen molar-refractivity contribution in [1.29, 1.82) is 0 Å². The minimum absolute atomic E-state index is 0.125. The lowest BCUT2D eigenvalue weighted by atomic mass is 10.1. The summed E-state index contributed by atoms with van der Waals surface area (Å²) in [5, 5.41) is 24.8. The van der Waals surface area contributed by atoms with E-state index in [0.29, 0.717) is 12.2 Å². The molecule has 0 aliphatic carbocycles. The van der Waals surface area contributed by atoms with Crippen LogP contribution in [0.2, 0.25) is 0 Å². The van der Waals surface area contributed by atoms with Crippen LogP contribution in [0.1, 0.15) is 11.1 Å². The molecule has 0 spiro atoms. The van der Waals surface area contributed by atoms with Crippen LogP contribution in [0.5, 0.6) is 0 Å². The van der Waals surface area contributed by atoms with Crippen molar-refractivity contribution in [2.45, 2.75) is 12.2 Å². The van der Waals surface area contributed by atoms with Crippen molar-refractivity contribution in [3.05, 3.63) is 47.7 Å². The van der Waals surface area contributed by atoms with Crippen LogP contribution in [0.15, 0.2) is 36.5 Å². The average molecular weight is 383 g/mol. The van der Waals surface area contributed by atoms with Gasteiger partial charge in [-0.1, -0.05) is 6.07 Å². The Labute approximate surface area is 150 Å². The maximum absolute atomic E-state index is 11.1. The molecule has 6 N–H and O–H groups in total. The summed E-state index contributed by atoms with van der Waals surface area (Å²) in [6.07, 6.45) is 3.97. The van der Waals surface area contributed by atoms with Gasteiger partial charge in [0.25, 0.3) is 0 Å². The Bertz CT molecular complexity index is 886. The number of aliphatic carboxylic acids is 2. The monoisotopic (exact) mass is 383 g/mol. The van der Waals surface area contributed by atoms with E-state index in [0.717, 1.165) is 29.4 Å². The standard InChI is InChI=1S/C12H17N3O2S.C4H4O4/c1-14-5-4-10-7-15-12-3-2-9(6-11(10)12)8-18(13,16)17;5-3(6)1-2-4(7)8/h2-3,6-7,14-15H,4-5,8H2,1H3,(H2,13,16,17);1-2H,(H,5,6)(H,7,8)/b;2-1-. The molecule has 0 atom stereocenters. The largest absolute Gasteiger partial charge is 0.478 e. The molecule has 0 aliphatic heterocycles. The topological polar surface area (TPSA) is 163 Å². The lowest BCUT2D eigenvalue weighted by Gasteiger charge is -2.02. The highest BCUT2D eigenvalue weighted by Crippen LogP contribution is 2.21. The van der Waals surface area contributed by atoms with E-state index in [9.17, 15) is 18.0 Å². The molecule has 0 saturated heterocycles. The van der Waals surface area contributed by atoms with Crippen LogP contribution in [0.25, 0.3) is 10.9 Å². The fraction of sp³-hybridized carbons (Fsp3) is 0.250. The van der Waals surface area contributed by atoms with Gasteiger partial charge in [-0.2, -0.15) is 0 Å². The molecule has 0 saturated carbocycles. The van der Waals surface area contributed by atoms with Crippen LogP contribution in [-0.4, -0.2) is 49.1 Å². The molecule has 0 bridgehead atoms. The Morgan fingerprint density at radius 3 is 2.35 bits per heavy atom. The molecule has 142 valence electrons. The van der Waals surface area contributed by atoms with Crippen molar-refractivity contribution in [1.82, 2.24) is 10.3 Å². The van der Waals surface area contributed by atoms with E-state index in [1.54, 1.807) is 6.07 Å². The zero-order chi connectivity index (χ0) is 19.7. The van der Waals surface area contributed by atoms with Crippen LogP contribution in [0.3, 0.4) is 0 Å². The molecule has 0 radical (unpaired) electrons. The Kier molecular flexibility index (Phi) is 7.97. The summed E-state index contributed by atoms with van der Waals surface area (Å²) in [4.78, 5) is 22.3. The van der Waals surface area contributed by atoms with Crippen LogP contribution in [-0.2, 0) is 31.8 Å². The first-order valence-electron chi connectivity index (χ1n) is 7.50. The summed E-state index contributed by atoms with van der Waals surface area (Å²) in [7, 11) is -1.58. The number of primary sulfonamides is 1. The third-order valence-electron chi connectivity index (χ3n) is 3.21. The predicted molar refractivity (Wildman–Crippen MR) is 97.2 cm³/mol.